The van der Waals surface area contributed by atoms with Gasteiger partial charge in [-0.3, -0.25) is 9.48 Å². The van der Waals surface area contributed by atoms with Crippen molar-refractivity contribution in [3.63, 3.8) is 0 Å². The number of benzene rings is 1. The van der Waals surface area contributed by atoms with E-state index in [4.69, 9.17) is 0 Å². The highest BCUT2D eigenvalue weighted by molar-refractivity contribution is 7.89. The predicted octanol–water partition coefficient (Wildman–Crippen LogP) is 0.570. The molecular weight excluding hydrogens is 356 g/mol. The Hall–Kier alpha value is -2.23. The number of carbonyl (C=O) groups is 1. The van der Waals surface area contributed by atoms with E-state index in [-0.39, 0.29) is 16.7 Å². The van der Waals surface area contributed by atoms with Gasteiger partial charge in [0.25, 0.3) is 5.91 Å². The molecule has 1 heterocycles. The van der Waals surface area contributed by atoms with Crippen molar-refractivity contribution in [3.05, 3.63) is 47.8 Å². The van der Waals surface area contributed by atoms with Crippen LogP contribution in [0.1, 0.15) is 34.8 Å². The van der Waals surface area contributed by atoms with Crippen LogP contribution in [0.2, 0.25) is 0 Å². The quantitative estimate of drug-likeness (QED) is 0.680. The smallest absolute Gasteiger partial charge is 0.251 e. The molecule has 2 aromatic rings. The number of rotatable bonds is 6. The monoisotopic (exact) mass is 378 g/mol. The molecule has 1 atom stereocenters. The van der Waals surface area contributed by atoms with Crippen LogP contribution in [0.5, 0.6) is 0 Å². The van der Waals surface area contributed by atoms with Crippen molar-refractivity contribution in [2.45, 2.75) is 29.9 Å². The van der Waals surface area contributed by atoms with Crippen LogP contribution in [0.3, 0.4) is 0 Å². The van der Waals surface area contributed by atoms with Crippen molar-refractivity contribution < 1.29 is 18.3 Å². The molecule has 1 aromatic heterocycles. The largest absolute Gasteiger partial charge is 0.393 e. The lowest BCUT2D eigenvalue weighted by molar-refractivity contribution is 0.0280. The molecule has 0 saturated heterocycles. The minimum absolute atomic E-state index is 0.00844. The van der Waals surface area contributed by atoms with Crippen molar-refractivity contribution in [2.75, 3.05) is 7.05 Å². The molecule has 8 nitrogen and oxygen atoms in total. The van der Waals surface area contributed by atoms with E-state index in [0.717, 1.165) is 5.56 Å². The first-order valence-corrected chi connectivity index (χ1v) is 9.79. The van der Waals surface area contributed by atoms with Gasteiger partial charge in [0.2, 0.25) is 10.0 Å². The molecule has 1 saturated carbocycles. The van der Waals surface area contributed by atoms with Gasteiger partial charge in [0.1, 0.15) is 0 Å². The summed E-state index contributed by atoms with van der Waals surface area (Å²) in [4.78, 5) is 11.7. The molecule has 1 aliphatic carbocycles. The molecule has 1 aromatic carbocycles. The van der Waals surface area contributed by atoms with Crippen LogP contribution >= 0.6 is 0 Å². The molecule has 1 unspecified atom stereocenters. The molecule has 0 radical (unpaired) electrons. The first-order chi connectivity index (χ1) is 12.3. The van der Waals surface area contributed by atoms with E-state index in [0.29, 0.717) is 18.4 Å². The van der Waals surface area contributed by atoms with Gasteiger partial charge in [-0.25, -0.2) is 13.1 Å². The van der Waals surface area contributed by atoms with E-state index in [9.17, 15) is 18.3 Å². The first-order valence-electron chi connectivity index (χ1n) is 8.31. The fourth-order valence-electron chi connectivity index (χ4n) is 3.10. The molecular formula is C17H22N4O4S. The number of carbonyl (C=O) groups excluding carboxylic acids is 1. The number of hydrogen-bond donors (Lipinski definition) is 3. The average Bonchev–Trinajstić information content (AvgIpc) is 3.03. The fraction of sp³-hybridized carbons (Fsp3) is 0.412. The van der Waals surface area contributed by atoms with Gasteiger partial charge in [-0.15, -0.1) is 0 Å². The lowest BCUT2D eigenvalue weighted by Gasteiger charge is -2.37. The summed E-state index contributed by atoms with van der Waals surface area (Å²) in [6.45, 7) is 0. The highest BCUT2D eigenvalue weighted by Crippen LogP contribution is 2.38. The Morgan fingerprint density at radius 3 is 2.46 bits per heavy atom. The Morgan fingerprint density at radius 1 is 1.31 bits per heavy atom. The SMILES string of the molecule is CNC(=O)c1ccc(S(=O)(=O)NC(c2cnn(C)c2)C2CC(O)C2)cc1. The summed E-state index contributed by atoms with van der Waals surface area (Å²) < 4.78 is 29.9. The molecule has 0 bridgehead atoms. The Labute approximate surface area is 152 Å². The van der Waals surface area contributed by atoms with Gasteiger partial charge in [0.05, 0.1) is 23.2 Å². The molecule has 0 aliphatic heterocycles. The summed E-state index contributed by atoms with van der Waals surface area (Å²) >= 11 is 0. The fourth-order valence-corrected chi connectivity index (χ4v) is 4.40. The van der Waals surface area contributed by atoms with Crippen molar-refractivity contribution in [1.29, 1.82) is 0 Å². The number of aromatic nitrogens is 2. The molecule has 9 heteroatoms. The second-order valence-electron chi connectivity index (χ2n) is 6.54. The average molecular weight is 378 g/mol. The van der Waals surface area contributed by atoms with Crippen molar-refractivity contribution in [2.24, 2.45) is 13.0 Å². The van der Waals surface area contributed by atoms with Crippen LogP contribution in [0.25, 0.3) is 0 Å². The highest BCUT2D eigenvalue weighted by Gasteiger charge is 2.37. The van der Waals surface area contributed by atoms with Gasteiger partial charge >= 0.3 is 0 Å². The van der Waals surface area contributed by atoms with Crippen LogP contribution in [0, 0.1) is 5.92 Å². The van der Waals surface area contributed by atoms with Crippen LogP contribution in [0.4, 0.5) is 0 Å². The zero-order chi connectivity index (χ0) is 18.9. The molecule has 140 valence electrons. The Morgan fingerprint density at radius 2 is 1.96 bits per heavy atom. The van der Waals surface area contributed by atoms with E-state index < -0.39 is 22.2 Å². The topological polar surface area (TPSA) is 113 Å². The maximum absolute atomic E-state index is 12.8. The zero-order valence-electron chi connectivity index (χ0n) is 14.6. The molecule has 3 N–H and O–H groups in total. The van der Waals surface area contributed by atoms with E-state index in [1.54, 1.807) is 24.1 Å². The van der Waals surface area contributed by atoms with E-state index >= 15 is 0 Å². The number of aliphatic hydroxyl groups is 1. The first kappa shape index (κ1) is 18.6. The van der Waals surface area contributed by atoms with Crippen molar-refractivity contribution >= 4 is 15.9 Å². The summed E-state index contributed by atoms with van der Waals surface area (Å²) in [6.07, 6.45) is 4.09. The van der Waals surface area contributed by atoms with Crippen molar-refractivity contribution in [1.82, 2.24) is 19.8 Å². The second kappa shape index (κ2) is 7.18. The third kappa shape index (κ3) is 3.79. The van der Waals surface area contributed by atoms with Gasteiger partial charge in [-0.2, -0.15) is 5.10 Å². The zero-order valence-corrected chi connectivity index (χ0v) is 15.4. The van der Waals surface area contributed by atoms with Crippen LogP contribution in [-0.2, 0) is 17.1 Å². The normalized spacial score (nSPS) is 21.0. The van der Waals surface area contributed by atoms with Gasteiger partial charge < -0.3 is 10.4 Å². The minimum atomic E-state index is -3.79. The number of hydrogen-bond acceptors (Lipinski definition) is 5. The van der Waals surface area contributed by atoms with E-state index in [1.807, 2.05) is 0 Å². The third-order valence-corrected chi connectivity index (χ3v) is 6.10. The third-order valence-electron chi connectivity index (χ3n) is 4.64. The molecule has 1 amide bonds. The summed E-state index contributed by atoms with van der Waals surface area (Å²) in [7, 11) is -0.507. The number of nitrogens with one attached hydrogen (secondary N) is 2. The van der Waals surface area contributed by atoms with E-state index in [2.05, 4.69) is 15.1 Å². The second-order valence-corrected chi connectivity index (χ2v) is 8.25. The summed E-state index contributed by atoms with van der Waals surface area (Å²) in [5.41, 5.74) is 1.15. The number of sulfonamides is 1. The number of aryl methyl sites for hydroxylation is 1. The van der Waals surface area contributed by atoms with Gasteiger partial charge in [0.15, 0.2) is 0 Å². The molecule has 3 rings (SSSR count). The lowest BCUT2D eigenvalue weighted by atomic mass is 9.76. The summed E-state index contributed by atoms with van der Waals surface area (Å²) in [5, 5.41) is 16.2. The van der Waals surface area contributed by atoms with Crippen molar-refractivity contribution in [3.8, 4) is 0 Å². The number of aliphatic hydroxyl groups excluding tert-OH is 1. The number of nitrogens with zero attached hydrogens (tertiary/aromatic N) is 2. The van der Waals surface area contributed by atoms with Crippen LogP contribution < -0.4 is 10.0 Å². The summed E-state index contributed by atoms with van der Waals surface area (Å²) in [5.74, 6) is -0.271. The van der Waals surface area contributed by atoms with Crippen LogP contribution in [-0.4, -0.2) is 42.4 Å². The standard InChI is InChI=1S/C17H22N4O4S/c1-18-17(23)11-3-5-15(6-4-11)26(24,25)20-16(12-7-14(22)8-12)13-9-19-21(2)10-13/h3-6,9-10,12,14,16,20,22H,7-8H2,1-2H3,(H,18,23). The van der Waals surface area contributed by atoms with Gasteiger partial charge in [0, 0.05) is 31.4 Å². The maximum Gasteiger partial charge on any atom is 0.251 e. The minimum Gasteiger partial charge on any atom is -0.393 e. The van der Waals surface area contributed by atoms with E-state index in [1.165, 1.54) is 31.3 Å². The highest BCUT2D eigenvalue weighted by atomic mass is 32.2. The van der Waals surface area contributed by atoms with Gasteiger partial charge in [-0.05, 0) is 43.0 Å². The molecule has 26 heavy (non-hydrogen) atoms. The maximum atomic E-state index is 12.8. The Kier molecular flexibility index (Phi) is 5.12. The molecule has 1 aliphatic rings. The van der Waals surface area contributed by atoms with Crippen LogP contribution in [0.15, 0.2) is 41.6 Å². The summed E-state index contributed by atoms with van der Waals surface area (Å²) in [6, 6.07) is 5.29. The Balaban J connectivity index is 1.84. The molecule has 1 fully saturated rings. The lowest BCUT2D eigenvalue weighted by Crippen LogP contribution is -2.41. The molecule has 0 spiro atoms. The predicted molar refractivity (Wildman–Crippen MR) is 94.8 cm³/mol. The van der Waals surface area contributed by atoms with Gasteiger partial charge in [-0.1, -0.05) is 0 Å². The Bertz CT molecular complexity index is 886. The number of amides is 1.